The first-order valence-electron chi connectivity index (χ1n) is 4.93. The zero-order valence-corrected chi connectivity index (χ0v) is 15.6. The fourth-order valence-corrected chi connectivity index (χ4v) is 1.05. The number of nitrogens with one attached hydrogen (secondary N) is 1. The molecule has 0 bridgehead atoms. The molecular weight excluding hydrogens is 276 g/mol. The second kappa shape index (κ2) is 13.0. The fraction of sp³-hybridized carbons (Fsp3) is 0.500. The van der Waals surface area contributed by atoms with Crippen LogP contribution in [0.5, 0.6) is 0 Å². The number of allylic oxidation sites excluding steroid dienone is 1. The second-order valence-corrected chi connectivity index (χ2v) is 3.21. The van der Waals surface area contributed by atoms with Gasteiger partial charge in [0.25, 0.3) is 0 Å². The molecule has 0 amide bonds. The molecule has 100 valence electrons. The summed E-state index contributed by atoms with van der Waals surface area (Å²) >= 11 is 0. The van der Waals surface area contributed by atoms with E-state index in [0.29, 0.717) is 0 Å². The number of carbonyl (C=O) groups is 3. The molecule has 7 nitrogen and oxygen atoms in total. The summed E-state index contributed by atoms with van der Waals surface area (Å²) < 4.78 is 4.62. The minimum absolute atomic E-state index is 0. The molecule has 3 N–H and O–H groups in total. The minimum atomic E-state index is -1.30. The molecule has 0 saturated carbocycles. The molecular formula is C10H17NNa2O6. The SMILES string of the molecule is CCOC(=O)/C=C(\C)N[C@@H](CC(=O)O)C(=O)O.[H-].[H-].[Na+].[Na+]. The number of hydrogen-bond acceptors (Lipinski definition) is 5. The quantitative estimate of drug-likeness (QED) is 0.243. The van der Waals surface area contributed by atoms with E-state index in [0.717, 1.165) is 6.08 Å². The predicted molar refractivity (Wildman–Crippen MR) is 59.4 cm³/mol. The third-order valence-electron chi connectivity index (χ3n) is 1.70. The average Bonchev–Trinajstić information content (AvgIpc) is 2.15. The van der Waals surface area contributed by atoms with Gasteiger partial charge in [-0.05, 0) is 13.8 Å². The Balaban J connectivity index is -0.000000213. The molecule has 0 radical (unpaired) electrons. The average molecular weight is 293 g/mol. The molecule has 0 aliphatic rings. The van der Waals surface area contributed by atoms with Crippen LogP contribution in [-0.4, -0.2) is 40.8 Å². The summed E-state index contributed by atoms with van der Waals surface area (Å²) in [4.78, 5) is 32.1. The maximum atomic E-state index is 11.0. The molecule has 0 fully saturated rings. The first-order chi connectivity index (χ1) is 7.86. The van der Waals surface area contributed by atoms with Gasteiger partial charge in [-0.2, -0.15) is 0 Å². The van der Waals surface area contributed by atoms with E-state index in [1.807, 2.05) is 0 Å². The van der Waals surface area contributed by atoms with Crippen molar-refractivity contribution in [2.24, 2.45) is 0 Å². The Labute approximate surface area is 158 Å². The molecule has 0 aliphatic carbocycles. The second-order valence-electron chi connectivity index (χ2n) is 3.21. The molecule has 0 rings (SSSR count). The van der Waals surface area contributed by atoms with Crippen LogP contribution in [0.25, 0.3) is 0 Å². The Bertz CT molecular complexity index is 354. The van der Waals surface area contributed by atoms with Crippen molar-refractivity contribution >= 4 is 17.9 Å². The van der Waals surface area contributed by atoms with Crippen molar-refractivity contribution in [3.63, 3.8) is 0 Å². The van der Waals surface area contributed by atoms with Crippen LogP contribution in [0.3, 0.4) is 0 Å². The van der Waals surface area contributed by atoms with Crippen molar-refractivity contribution in [2.75, 3.05) is 6.61 Å². The Morgan fingerprint density at radius 1 is 1.32 bits per heavy atom. The summed E-state index contributed by atoms with van der Waals surface area (Å²) in [6.45, 7) is 3.30. The van der Waals surface area contributed by atoms with Crippen LogP contribution in [0, 0.1) is 0 Å². The summed E-state index contributed by atoms with van der Waals surface area (Å²) in [7, 11) is 0. The number of esters is 1. The maximum Gasteiger partial charge on any atom is 1.00 e. The van der Waals surface area contributed by atoms with Gasteiger partial charge in [0.1, 0.15) is 6.04 Å². The van der Waals surface area contributed by atoms with Gasteiger partial charge >= 0.3 is 77.0 Å². The fourth-order valence-electron chi connectivity index (χ4n) is 1.05. The van der Waals surface area contributed by atoms with Crippen molar-refractivity contribution < 1.29 is 91.3 Å². The molecule has 0 heterocycles. The van der Waals surface area contributed by atoms with Crippen LogP contribution in [0.15, 0.2) is 11.8 Å². The molecule has 0 aromatic carbocycles. The third kappa shape index (κ3) is 12.7. The summed E-state index contributed by atoms with van der Waals surface area (Å²) in [5.41, 5.74) is 0.233. The summed E-state index contributed by atoms with van der Waals surface area (Å²) in [6, 6.07) is -1.28. The van der Waals surface area contributed by atoms with E-state index in [-0.39, 0.29) is 74.3 Å². The molecule has 9 heteroatoms. The molecule has 19 heavy (non-hydrogen) atoms. The summed E-state index contributed by atoms with van der Waals surface area (Å²) in [5.74, 6) is -3.16. The smallest absolute Gasteiger partial charge is 1.00 e. The van der Waals surface area contributed by atoms with Crippen molar-refractivity contribution in [3.8, 4) is 0 Å². The molecule has 0 aromatic heterocycles. The topological polar surface area (TPSA) is 113 Å². The van der Waals surface area contributed by atoms with Crippen molar-refractivity contribution in [1.82, 2.24) is 5.32 Å². The Kier molecular flexibility index (Phi) is 16.4. The van der Waals surface area contributed by atoms with Gasteiger partial charge in [0.2, 0.25) is 0 Å². The van der Waals surface area contributed by atoms with E-state index in [4.69, 9.17) is 10.2 Å². The Morgan fingerprint density at radius 3 is 2.21 bits per heavy atom. The zero-order chi connectivity index (χ0) is 13.4. The molecule has 0 saturated heterocycles. The predicted octanol–water partition coefficient (Wildman–Crippen LogP) is -5.80. The first-order valence-corrected chi connectivity index (χ1v) is 4.93. The first kappa shape index (κ1) is 24.0. The van der Waals surface area contributed by atoms with Gasteiger partial charge in [-0.1, -0.05) is 0 Å². The minimum Gasteiger partial charge on any atom is -1.00 e. The maximum absolute atomic E-state index is 11.0. The largest absolute Gasteiger partial charge is 1.00 e. The van der Waals surface area contributed by atoms with E-state index in [1.54, 1.807) is 6.92 Å². The van der Waals surface area contributed by atoms with Gasteiger partial charge in [-0.15, -0.1) is 0 Å². The number of carboxylic acids is 2. The van der Waals surface area contributed by atoms with Crippen LogP contribution >= 0.6 is 0 Å². The number of aliphatic carboxylic acids is 2. The normalized spacial score (nSPS) is 11.4. The number of rotatable bonds is 7. The van der Waals surface area contributed by atoms with Crippen LogP contribution in [-0.2, 0) is 19.1 Å². The molecule has 0 unspecified atom stereocenters. The Morgan fingerprint density at radius 2 is 1.84 bits per heavy atom. The van der Waals surface area contributed by atoms with Crippen LogP contribution < -0.4 is 64.4 Å². The van der Waals surface area contributed by atoms with Crippen LogP contribution in [0.2, 0.25) is 0 Å². The van der Waals surface area contributed by atoms with E-state index in [1.165, 1.54) is 6.92 Å². The number of ether oxygens (including phenoxy) is 1. The van der Waals surface area contributed by atoms with Gasteiger partial charge in [0, 0.05) is 11.8 Å². The van der Waals surface area contributed by atoms with Gasteiger partial charge in [-0.3, -0.25) is 4.79 Å². The van der Waals surface area contributed by atoms with Crippen molar-refractivity contribution in [2.45, 2.75) is 26.3 Å². The number of hydrogen-bond donors (Lipinski definition) is 3. The zero-order valence-electron chi connectivity index (χ0n) is 13.6. The summed E-state index contributed by atoms with van der Waals surface area (Å²) in [6.07, 6.45) is 0.491. The molecule has 0 spiro atoms. The van der Waals surface area contributed by atoms with Crippen LogP contribution in [0.1, 0.15) is 23.1 Å². The standard InChI is InChI=1S/C10H15NO6.2Na.2H/c1-3-17-9(14)4-6(2)11-7(10(15)16)5-8(12)13;;;;/h4,7,11H,3,5H2,1-2H3,(H,12,13)(H,15,16);;;;/q;2*+1;2*-1/b6-4+;;;;/t7-;;;;/m0..../s1. The third-order valence-corrected chi connectivity index (χ3v) is 1.70. The molecule has 1 atom stereocenters. The Hall–Kier alpha value is -0.0500. The van der Waals surface area contributed by atoms with Crippen molar-refractivity contribution in [3.05, 3.63) is 11.8 Å². The monoisotopic (exact) mass is 293 g/mol. The van der Waals surface area contributed by atoms with Gasteiger partial charge in [0.15, 0.2) is 0 Å². The summed E-state index contributed by atoms with van der Waals surface area (Å²) in [5, 5.41) is 19.7. The number of carbonyl (C=O) groups excluding carboxylic acids is 1. The molecule has 0 aromatic rings. The van der Waals surface area contributed by atoms with E-state index in [2.05, 4.69) is 10.1 Å². The number of carboxylic acid groups (broad SMARTS) is 2. The van der Waals surface area contributed by atoms with Gasteiger partial charge in [0.05, 0.1) is 13.0 Å². The van der Waals surface area contributed by atoms with E-state index in [9.17, 15) is 14.4 Å². The van der Waals surface area contributed by atoms with Gasteiger partial charge in [-0.25, -0.2) is 9.59 Å². The van der Waals surface area contributed by atoms with Gasteiger partial charge < -0.3 is 23.1 Å². The van der Waals surface area contributed by atoms with Crippen LogP contribution in [0.4, 0.5) is 0 Å². The van der Waals surface area contributed by atoms with Crippen molar-refractivity contribution in [1.29, 1.82) is 0 Å². The van der Waals surface area contributed by atoms with E-state index < -0.39 is 30.4 Å². The molecule has 0 aliphatic heterocycles. The van der Waals surface area contributed by atoms with E-state index >= 15 is 0 Å².